The molecule has 0 aliphatic carbocycles. The van der Waals surface area contributed by atoms with Crippen LogP contribution in [0.25, 0.3) is 0 Å². The number of amides is 1. The van der Waals surface area contributed by atoms with Crippen LogP contribution in [0.1, 0.15) is 26.7 Å². The molecule has 0 saturated carbocycles. The standard InChI is InChI=1S/C18H24N2O7S2/c1-3-13(2)19(15-8-9-29(25,26)12-15)17(21)10-27-18(22)11-28-16-6-4-14(5-7-16)20(23)24/h4-7,13,15H,3,8-12H2,1-2H3/t13-,15-/m1/s1. The molecule has 11 heteroatoms. The number of thioether (sulfide) groups is 1. The number of sulfone groups is 1. The smallest absolute Gasteiger partial charge is 0.316 e. The molecular formula is C18H24N2O7S2. The lowest BCUT2D eigenvalue weighted by atomic mass is 10.1. The van der Waals surface area contributed by atoms with Crippen molar-refractivity contribution >= 4 is 39.2 Å². The second-order valence-corrected chi connectivity index (χ2v) is 10.1. The van der Waals surface area contributed by atoms with Gasteiger partial charge in [-0.1, -0.05) is 6.92 Å². The minimum absolute atomic E-state index is 0.0402. The molecule has 1 aromatic rings. The minimum atomic E-state index is -3.14. The number of ether oxygens (including phenoxy) is 1. The summed E-state index contributed by atoms with van der Waals surface area (Å²) in [7, 11) is -3.14. The van der Waals surface area contributed by atoms with E-state index in [9.17, 15) is 28.1 Å². The maximum Gasteiger partial charge on any atom is 0.316 e. The molecular weight excluding hydrogens is 420 g/mol. The molecule has 0 radical (unpaired) electrons. The van der Waals surface area contributed by atoms with Gasteiger partial charge in [-0.2, -0.15) is 0 Å². The molecule has 1 heterocycles. The van der Waals surface area contributed by atoms with E-state index in [0.29, 0.717) is 17.7 Å². The zero-order chi connectivity index (χ0) is 21.6. The van der Waals surface area contributed by atoms with Crippen molar-refractivity contribution in [2.75, 3.05) is 23.9 Å². The maximum atomic E-state index is 12.6. The van der Waals surface area contributed by atoms with E-state index >= 15 is 0 Å². The van der Waals surface area contributed by atoms with E-state index in [0.717, 1.165) is 11.8 Å². The van der Waals surface area contributed by atoms with Gasteiger partial charge in [-0.25, -0.2) is 8.42 Å². The molecule has 1 saturated heterocycles. The van der Waals surface area contributed by atoms with Crippen LogP contribution in [-0.4, -0.2) is 66.1 Å². The summed E-state index contributed by atoms with van der Waals surface area (Å²) in [4.78, 5) is 36.9. The van der Waals surface area contributed by atoms with Crippen LogP contribution in [0.4, 0.5) is 5.69 Å². The van der Waals surface area contributed by atoms with Crippen LogP contribution in [0.15, 0.2) is 29.2 Å². The number of hydrogen-bond acceptors (Lipinski definition) is 8. The average Bonchev–Trinajstić information content (AvgIpc) is 3.04. The second kappa shape index (κ2) is 10.1. The van der Waals surface area contributed by atoms with Gasteiger partial charge in [0.1, 0.15) is 0 Å². The largest absolute Gasteiger partial charge is 0.455 e. The highest BCUT2D eigenvalue weighted by molar-refractivity contribution is 8.00. The molecule has 1 aliphatic heterocycles. The predicted molar refractivity (Wildman–Crippen MR) is 108 cm³/mol. The summed E-state index contributed by atoms with van der Waals surface area (Å²) in [6, 6.07) is 5.21. The highest BCUT2D eigenvalue weighted by Crippen LogP contribution is 2.23. The highest BCUT2D eigenvalue weighted by Gasteiger charge is 2.36. The molecule has 1 aliphatic rings. The highest BCUT2D eigenvalue weighted by atomic mass is 32.2. The van der Waals surface area contributed by atoms with Crippen LogP contribution in [-0.2, 0) is 24.2 Å². The number of carbonyl (C=O) groups excluding carboxylic acids is 2. The number of nitro groups is 1. The Labute approximate surface area is 173 Å². The number of non-ortho nitro benzene ring substituents is 1. The molecule has 29 heavy (non-hydrogen) atoms. The third-order valence-corrected chi connectivity index (χ3v) is 7.45. The van der Waals surface area contributed by atoms with Gasteiger partial charge >= 0.3 is 5.97 Å². The summed E-state index contributed by atoms with van der Waals surface area (Å²) in [5.74, 6) is -1.05. The van der Waals surface area contributed by atoms with E-state index < -0.39 is 39.3 Å². The lowest BCUT2D eigenvalue weighted by Crippen LogP contribution is -2.48. The fourth-order valence-electron chi connectivity index (χ4n) is 3.07. The van der Waals surface area contributed by atoms with Crippen molar-refractivity contribution in [2.45, 2.75) is 43.7 Å². The van der Waals surface area contributed by atoms with E-state index in [1.54, 1.807) is 0 Å². The topological polar surface area (TPSA) is 124 Å². The van der Waals surface area contributed by atoms with Crippen molar-refractivity contribution in [3.63, 3.8) is 0 Å². The minimum Gasteiger partial charge on any atom is -0.455 e. The van der Waals surface area contributed by atoms with E-state index in [1.807, 2.05) is 13.8 Å². The Morgan fingerprint density at radius 1 is 1.34 bits per heavy atom. The Morgan fingerprint density at radius 2 is 2.00 bits per heavy atom. The Bertz CT molecular complexity index is 855. The third kappa shape index (κ3) is 6.70. The molecule has 2 rings (SSSR count). The molecule has 9 nitrogen and oxygen atoms in total. The Hall–Kier alpha value is -2.14. The van der Waals surface area contributed by atoms with Crippen LogP contribution >= 0.6 is 11.8 Å². The van der Waals surface area contributed by atoms with Crippen molar-refractivity contribution in [3.05, 3.63) is 34.4 Å². The van der Waals surface area contributed by atoms with E-state index in [1.165, 1.54) is 29.2 Å². The van der Waals surface area contributed by atoms with Gasteiger partial charge in [-0.15, -0.1) is 11.8 Å². The van der Waals surface area contributed by atoms with Gasteiger partial charge < -0.3 is 9.64 Å². The van der Waals surface area contributed by atoms with Crippen LogP contribution in [0.5, 0.6) is 0 Å². The third-order valence-electron chi connectivity index (χ3n) is 4.72. The van der Waals surface area contributed by atoms with E-state index in [4.69, 9.17) is 4.74 Å². The van der Waals surface area contributed by atoms with E-state index in [-0.39, 0.29) is 29.0 Å². The predicted octanol–water partition coefficient (Wildman–Crippen LogP) is 2.04. The number of rotatable bonds is 9. The normalized spacial score (nSPS) is 18.8. The van der Waals surface area contributed by atoms with Gasteiger partial charge in [0.15, 0.2) is 16.4 Å². The first-order valence-electron chi connectivity index (χ1n) is 9.17. The zero-order valence-corrected chi connectivity index (χ0v) is 17.9. The van der Waals surface area contributed by atoms with Gasteiger partial charge in [0, 0.05) is 29.1 Å². The fourth-order valence-corrected chi connectivity index (χ4v) is 5.47. The van der Waals surface area contributed by atoms with Crippen LogP contribution in [0.2, 0.25) is 0 Å². The van der Waals surface area contributed by atoms with Gasteiger partial charge in [0.05, 0.1) is 22.2 Å². The number of hydrogen-bond donors (Lipinski definition) is 0. The lowest BCUT2D eigenvalue weighted by molar-refractivity contribution is -0.384. The Balaban J connectivity index is 1.86. The molecule has 2 atom stereocenters. The first-order chi connectivity index (χ1) is 13.6. The molecule has 1 amide bonds. The molecule has 0 aromatic heterocycles. The van der Waals surface area contributed by atoms with Crippen molar-refractivity contribution in [1.82, 2.24) is 4.90 Å². The molecule has 0 bridgehead atoms. The van der Waals surface area contributed by atoms with Crippen LogP contribution < -0.4 is 0 Å². The quantitative estimate of drug-likeness (QED) is 0.245. The van der Waals surface area contributed by atoms with Gasteiger partial charge in [0.2, 0.25) is 0 Å². The van der Waals surface area contributed by atoms with Crippen molar-refractivity contribution in [3.8, 4) is 0 Å². The summed E-state index contributed by atoms with van der Waals surface area (Å²) in [5, 5.41) is 10.6. The Morgan fingerprint density at radius 3 is 2.52 bits per heavy atom. The lowest BCUT2D eigenvalue weighted by Gasteiger charge is -2.33. The molecule has 0 N–H and O–H groups in total. The first-order valence-corrected chi connectivity index (χ1v) is 12.0. The summed E-state index contributed by atoms with van der Waals surface area (Å²) in [6.07, 6.45) is 1.05. The van der Waals surface area contributed by atoms with Crippen molar-refractivity contribution in [2.24, 2.45) is 0 Å². The Kier molecular flexibility index (Phi) is 8.03. The summed E-state index contributed by atoms with van der Waals surface area (Å²) >= 11 is 1.14. The van der Waals surface area contributed by atoms with Crippen molar-refractivity contribution in [1.29, 1.82) is 0 Å². The number of esters is 1. The molecule has 160 valence electrons. The summed E-state index contributed by atoms with van der Waals surface area (Å²) in [5.41, 5.74) is -0.0402. The van der Waals surface area contributed by atoms with Gasteiger partial charge in [-0.05, 0) is 31.9 Å². The number of nitrogens with zero attached hydrogens (tertiary/aromatic N) is 2. The maximum absolute atomic E-state index is 12.6. The average molecular weight is 445 g/mol. The van der Waals surface area contributed by atoms with Crippen molar-refractivity contribution < 1.29 is 27.7 Å². The molecule has 1 aromatic carbocycles. The summed E-state index contributed by atoms with van der Waals surface area (Å²) in [6.45, 7) is 3.30. The summed E-state index contributed by atoms with van der Waals surface area (Å²) < 4.78 is 28.6. The SMILES string of the molecule is CC[C@@H](C)N(C(=O)COC(=O)CSc1ccc([N+](=O)[O-])cc1)[C@@H]1CCS(=O)(=O)C1. The second-order valence-electron chi connectivity index (χ2n) is 6.82. The molecule has 1 fully saturated rings. The van der Waals surface area contributed by atoms with Crippen LogP contribution in [0.3, 0.4) is 0 Å². The van der Waals surface area contributed by atoms with E-state index in [2.05, 4.69) is 0 Å². The first kappa shape index (κ1) is 23.1. The number of benzene rings is 1. The monoisotopic (exact) mass is 444 g/mol. The fraction of sp³-hybridized carbons (Fsp3) is 0.556. The number of carbonyl (C=O) groups is 2. The molecule has 0 unspecified atom stereocenters. The van der Waals surface area contributed by atoms with Crippen LogP contribution in [0, 0.1) is 10.1 Å². The zero-order valence-electron chi connectivity index (χ0n) is 16.3. The number of nitro benzene ring substituents is 1. The molecule has 0 spiro atoms. The van der Waals surface area contributed by atoms with Gasteiger partial charge in [-0.3, -0.25) is 19.7 Å². The van der Waals surface area contributed by atoms with Gasteiger partial charge in [0.25, 0.3) is 11.6 Å².